The van der Waals surface area contributed by atoms with Crippen LogP contribution in [0.5, 0.6) is 0 Å². The predicted molar refractivity (Wildman–Crippen MR) is 163 cm³/mol. The largest absolute Gasteiger partial charge is 0.396 e. The van der Waals surface area contributed by atoms with Gasteiger partial charge in [-0.3, -0.25) is 0 Å². The Morgan fingerprint density at radius 3 is 1.21 bits per heavy atom. The molecule has 0 heterocycles. The van der Waals surface area contributed by atoms with Crippen molar-refractivity contribution in [2.45, 2.75) is 156 Å². The van der Waals surface area contributed by atoms with Gasteiger partial charge < -0.3 is 30.3 Å². The normalized spacial score (nSPS) is 14.5. The third-order valence-electron chi connectivity index (χ3n) is 9.57. The molecule has 1 unspecified atom stereocenters. The summed E-state index contributed by atoms with van der Waals surface area (Å²) in [5.41, 5.74) is -3.57. The molecule has 0 saturated heterocycles. The van der Waals surface area contributed by atoms with Crippen molar-refractivity contribution in [1.82, 2.24) is 0 Å². The van der Waals surface area contributed by atoms with Crippen molar-refractivity contribution in [3.63, 3.8) is 0 Å². The molecule has 0 radical (unpaired) electrons. The second kappa shape index (κ2) is 22.4. The summed E-state index contributed by atoms with van der Waals surface area (Å²) in [5.74, 6) is 0.324. The molecule has 0 spiro atoms. The molecule has 0 aliphatic rings. The second-order valence-corrected chi connectivity index (χ2v) is 12.9. The van der Waals surface area contributed by atoms with E-state index < -0.39 is 49.7 Å². The SMILES string of the molecule is CCCCCCCCCCCCCCCCCCC(CC(C)C)(C(C)C)C(CO)(CO)C(CO)(CO)OCO. The Hall–Kier alpha value is -0.240. The maximum atomic E-state index is 10.8. The number of aliphatic hydroxyl groups excluding tert-OH is 5. The Bertz CT molecular complexity index is 544. The van der Waals surface area contributed by atoms with Gasteiger partial charge in [-0.25, -0.2) is 0 Å². The molecule has 0 aliphatic carbocycles. The zero-order valence-corrected chi connectivity index (χ0v) is 26.6. The van der Waals surface area contributed by atoms with Crippen molar-refractivity contribution >= 4 is 0 Å². The molecule has 0 rings (SSSR count). The molecule has 1 atom stereocenters. The minimum atomic E-state index is -1.65. The van der Waals surface area contributed by atoms with Gasteiger partial charge >= 0.3 is 0 Å². The van der Waals surface area contributed by atoms with E-state index in [2.05, 4.69) is 34.6 Å². The minimum absolute atomic E-state index is 0.0512. The smallest absolute Gasteiger partial charge is 0.144 e. The zero-order chi connectivity index (χ0) is 29.6. The fraction of sp³-hybridized carbons (Fsp3) is 1.00. The van der Waals surface area contributed by atoms with Gasteiger partial charge in [0.2, 0.25) is 0 Å². The monoisotopic (exact) mass is 561 g/mol. The Kier molecular flexibility index (Phi) is 22.2. The predicted octanol–water partition coefficient (Wildman–Crippen LogP) is 6.99. The van der Waals surface area contributed by atoms with E-state index in [-0.39, 0.29) is 11.8 Å². The summed E-state index contributed by atoms with van der Waals surface area (Å²) < 4.78 is 5.58. The number of hydrogen-bond acceptors (Lipinski definition) is 6. The van der Waals surface area contributed by atoms with Crippen LogP contribution in [-0.2, 0) is 4.74 Å². The van der Waals surface area contributed by atoms with Gasteiger partial charge in [0.15, 0.2) is 0 Å². The summed E-state index contributed by atoms with van der Waals surface area (Å²) in [6, 6.07) is 0. The lowest BCUT2D eigenvalue weighted by molar-refractivity contribution is -0.281. The maximum Gasteiger partial charge on any atom is 0.144 e. The Balaban J connectivity index is 4.88. The van der Waals surface area contributed by atoms with Gasteiger partial charge in [-0.15, -0.1) is 0 Å². The average molecular weight is 561 g/mol. The van der Waals surface area contributed by atoms with Crippen molar-refractivity contribution in [1.29, 1.82) is 0 Å². The topological polar surface area (TPSA) is 110 Å². The van der Waals surface area contributed by atoms with Crippen molar-refractivity contribution in [2.75, 3.05) is 33.2 Å². The first kappa shape index (κ1) is 38.8. The Morgan fingerprint density at radius 2 is 0.923 bits per heavy atom. The first-order valence-corrected chi connectivity index (χ1v) is 16.4. The van der Waals surface area contributed by atoms with Gasteiger partial charge in [0.05, 0.1) is 31.8 Å². The summed E-state index contributed by atoms with van der Waals surface area (Å²) in [7, 11) is 0. The molecule has 0 aromatic carbocycles. The third-order valence-corrected chi connectivity index (χ3v) is 9.57. The highest BCUT2D eigenvalue weighted by Gasteiger charge is 2.63. The molecule has 0 amide bonds. The Labute approximate surface area is 242 Å². The summed E-state index contributed by atoms with van der Waals surface area (Å²) in [6.45, 7) is 7.88. The van der Waals surface area contributed by atoms with E-state index in [4.69, 9.17) is 4.74 Å². The van der Waals surface area contributed by atoms with Crippen molar-refractivity contribution in [2.24, 2.45) is 22.7 Å². The molecule has 39 heavy (non-hydrogen) atoms. The molecule has 236 valence electrons. The van der Waals surface area contributed by atoms with Gasteiger partial charge in [-0.2, -0.15) is 0 Å². The fourth-order valence-electron chi connectivity index (χ4n) is 7.14. The van der Waals surface area contributed by atoms with Crippen LogP contribution in [0.25, 0.3) is 0 Å². The number of rotatable bonds is 28. The quantitative estimate of drug-likeness (QED) is 0.0521. The molecule has 0 bridgehead atoms. The van der Waals surface area contributed by atoms with Crippen LogP contribution >= 0.6 is 0 Å². The number of unbranched alkanes of at least 4 members (excludes halogenated alkanes) is 15. The molecule has 0 aliphatic heterocycles. The van der Waals surface area contributed by atoms with E-state index in [0.29, 0.717) is 6.42 Å². The fourth-order valence-corrected chi connectivity index (χ4v) is 7.14. The second-order valence-electron chi connectivity index (χ2n) is 12.9. The molecule has 5 N–H and O–H groups in total. The van der Waals surface area contributed by atoms with Gasteiger partial charge in [-0.05, 0) is 30.1 Å². The van der Waals surface area contributed by atoms with Crippen molar-refractivity contribution < 1.29 is 30.3 Å². The highest BCUT2D eigenvalue weighted by atomic mass is 16.6. The van der Waals surface area contributed by atoms with Crippen LogP contribution in [0.1, 0.15) is 150 Å². The number of aliphatic hydroxyl groups is 5. The summed E-state index contributed by atoms with van der Waals surface area (Å²) in [5, 5.41) is 52.0. The minimum Gasteiger partial charge on any atom is -0.396 e. The summed E-state index contributed by atoms with van der Waals surface area (Å²) >= 11 is 0. The van der Waals surface area contributed by atoms with E-state index >= 15 is 0 Å². The molecule has 6 heteroatoms. The van der Waals surface area contributed by atoms with Gasteiger partial charge in [-0.1, -0.05) is 137 Å². The Morgan fingerprint density at radius 1 is 0.538 bits per heavy atom. The third kappa shape index (κ3) is 11.9. The first-order valence-electron chi connectivity index (χ1n) is 16.4. The highest BCUT2D eigenvalue weighted by Crippen LogP contribution is 2.58. The van der Waals surface area contributed by atoms with Gasteiger partial charge in [0.25, 0.3) is 0 Å². The van der Waals surface area contributed by atoms with E-state index in [1.54, 1.807) is 0 Å². The first-order chi connectivity index (χ1) is 18.7. The lowest BCUT2D eigenvalue weighted by atomic mass is 9.48. The number of ether oxygens (including phenoxy) is 1. The molecule has 0 aromatic heterocycles. The lowest BCUT2D eigenvalue weighted by Gasteiger charge is -2.60. The zero-order valence-electron chi connectivity index (χ0n) is 26.6. The standard InChI is InChI=1S/C33H68O6/c1-6-7-8-9-10-11-12-13-14-15-16-17-18-19-20-21-22-31(30(4)5,23-29(2)3)32(24-34,25-35)33(26-36,27-37)39-28-38/h29-30,34-38H,6-28H2,1-5H3. The molecular formula is C33H68O6. The maximum absolute atomic E-state index is 10.8. The molecule has 0 fully saturated rings. The van der Waals surface area contributed by atoms with Crippen LogP contribution in [0, 0.1) is 22.7 Å². The van der Waals surface area contributed by atoms with Crippen molar-refractivity contribution in [3.05, 3.63) is 0 Å². The van der Waals surface area contributed by atoms with Crippen LogP contribution in [-0.4, -0.2) is 64.4 Å². The van der Waals surface area contributed by atoms with E-state index in [1.807, 2.05) is 0 Å². The summed E-state index contributed by atoms with van der Waals surface area (Å²) in [4.78, 5) is 0. The summed E-state index contributed by atoms with van der Waals surface area (Å²) in [6.07, 6.45) is 22.2. The lowest BCUT2D eigenvalue weighted by Crippen LogP contribution is -2.68. The van der Waals surface area contributed by atoms with Gasteiger partial charge in [0, 0.05) is 0 Å². The van der Waals surface area contributed by atoms with Crippen molar-refractivity contribution in [3.8, 4) is 0 Å². The molecule has 0 saturated carbocycles. The average Bonchev–Trinajstić information content (AvgIpc) is 2.92. The van der Waals surface area contributed by atoms with Crippen LogP contribution in [0.3, 0.4) is 0 Å². The van der Waals surface area contributed by atoms with Crippen LogP contribution < -0.4 is 0 Å². The molecule has 0 aromatic rings. The molecule has 6 nitrogen and oxygen atoms in total. The van der Waals surface area contributed by atoms with Crippen LogP contribution in [0.2, 0.25) is 0 Å². The van der Waals surface area contributed by atoms with E-state index in [1.165, 1.54) is 83.5 Å². The van der Waals surface area contributed by atoms with E-state index in [0.717, 1.165) is 25.7 Å². The molecular weight excluding hydrogens is 492 g/mol. The number of hydrogen-bond donors (Lipinski definition) is 5. The van der Waals surface area contributed by atoms with Gasteiger partial charge in [0.1, 0.15) is 12.4 Å². The van der Waals surface area contributed by atoms with Crippen LogP contribution in [0.15, 0.2) is 0 Å². The van der Waals surface area contributed by atoms with E-state index in [9.17, 15) is 25.5 Å². The highest BCUT2D eigenvalue weighted by molar-refractivity contribution is 5.11. The van der Waals surface area contributed by atoms with Crippen LogP contribution in [0.4, 0.5) is 0 Å².